The average Bonchev–Trinajstić information content (AvgIpc) is 3.15. The van der Waals surface area contributed by atoms with E-state index in [1.54, 1.807) is 0 Å². The molecule has 1 aromatic carbocycles. The van der Waals surface area contributed by atoms with Crippen LogP contribution >= 0.6 is 0 Å². The molecule has 3 heterocycles. The maximum atomic E-state index is 12.9. The first kappa shape index (κ1) is 16.8. The maximum Gasteiger partial charge on any atom is 0.265 e. The zero-order valence-electron chi connectivity index (χ0n) is 14.8. The van der Waals surface area contributed by atoms with E-state index in [0.29, 0.717) is 56.9 Å². The number of benzene rings is 1. The van der Waals surface area contributed by atoms with Crippen LogP contribution in [0.25, 0.3) is 0 Å². The molecule has 0 radical (unpaired) electrons. The second-order valence-electron chi connectivity index (χ2n) is 6.35. The first-order valence-corrected chi connectivity index (χ1v) is 8.93. The van der Waals surface area contributed by atoms with E-state index in [1.165, 1.54) is 0 Å². The van der Waals surface area contributed by atoms with Gasteiger partial charge in [-0.05, 0) is 12.1 Å². The predicted molar refractivity (Wildman–Crippen MR) is 93.0 cm³/mol. The van der Waals surface area contributed by atoms with Gasteiger partial charge in [-0.15, -0.1) is 0 Å². The number of aromatic nitrogens is 2. The van der Waals surface area contributed by atoms with Gasteiger partial charge < -0.3 is 23.8 Å². The first-order chi connectivity index (χ1) is 12.7. The van der Waals surface area contributed by atoms with E-state index in [4.69, 9.17) is 14.0 Å². The Balaban J connectivity index is 1.55. The van der Waals surface area contributed by atoms with Gasteiger partial charge >= 0.3 is 0 Å². The fourth-order valence-corrected chi connectivity index (χ4v) is 3.23. The third-order valence-corrected chi connectivity index (χ3v) is 4.61. The van der Waals surface area contributed by atoms with Crippen molar-refractivity contribution in [2.75, 3.05) is 37.7 Å². The lowest BCUT2D eigenvalue weighted by Crippen LogP contribution is -2.52. The number of fused-ring (bicyclic) bond motifs is 1. The number of nitrogens with zero attached hydrogens (tertiary/aromatic N) is 4. The summed E-state index contributed by atoms with van der Waals surface area (Å²) in [6.07, 6.45) is 0.165. The molecule has 2 aliphatic heterocycles. The number of hydrogen-bond donors (Lipinski definition) is 0. The monoisotopic (exact) mass is 358 g/mol. The molecule has 8 heteroatoms. The third-order valence-electron chi connectivity index (χ3n) is 4.61. The van der Waals surface area contributed by atoms with E-state index < -0.39 is 6.10 Å². The molecule has 1 atom stereocenters. The van der Waals surface area contributed by atoms with Crippen molar-refractivity contribution in [1.82, 2.24) is 15.0 Å². The Morgan fingerprint density at radius 1 is 1.27 bits per heavy atom. The number of amides is 1. The highest BCUT2D eigenvalue weighted by Gasteiger charge is 2.34. The highest BCUT2D eigenvalue weighted by molar-refractivity contribution is 5.83. The molecule has 8 nitrogen and oxygen atoms in total. The van der Waals surface area contributed by atoms with Crippen LogP contribution in [0.5, 0.6) is 5.75 Å². The number of ether oxygens (including phenoxy) is 2. The zero-order chi connectivity index (χ0) is 17.9. The summed E-state index contributed by atoms with van der Waals surface area (Å²) >= 11 is 0. The molecule has 2 aromatic rings. The minimum Gasteiger partial charge on any atom is -0.477 e. The fourth-order valence-electron chi connectivity index (χ4n) is 3.23. The summed E-state index contributed by atoms with van der Waals surface area (Å²) in [5.74, 6) is 1.91. The summed E-state index contributed by atoms with van der Waals surface area (Å²) in [6, 6.07) is 7.71. The molecule has 0 spiro atoms. The number of morpholine rings is 1. The lowest BCUT2D eigenvalue weighted by atomic mass is 10.1. The summed E-state index contributed by atoms with van der Waals surface area (Å²) in [4.78, 5) is 21.1. The third kappa shape index (κ3) is 3.37. The lowest BCUT2D eigenvalue weighted by Gasteiger charge is -2.37. The van der Waals surface area contributed by atoms with Gasteiger partial charge in [0.05, 0.1) is 32.0 Å². The van der Waals surface area contributed by atoms with Crippen molar-refractivity contribution in [3.8, 4) is 5.75 Å². The van der Waals surface area contributed by atoms with Crippen LogP contribution in [0.15, 0.2) is 28.8 Å². The molecule has 0 bridgehead atoms. The van der Waals surface area contributed by atoms with Crippen molar-refractivity contribution in [1.29, 1.82) is 0 Å². The summed E-state index contributed by atoms with van der Waals surface area (Å²) in [5.41, 5.74) is 0.926. The fraction of sp³-hybridized carbons (Fsp3) is 0.500. The molecule has 1 unspecified atom stereocenters. The zero-order valence-corrected chi connectivity index (χ0v) is 14.8. The van der Waals surface area contributed by atoms with Crippen LogP contribution in [-0.2, 0) is 22.5 Å². The van der Waals surface area contributed by atoms with Gasteiger partial charge in [0, 0.05) is 19.5 Å². The van der Waals surface area contributed by atoms with E-state index in [2.05, 4.69) is 15.0 Å². The molecule has 0 aliphatic carbocycles. The number of carbonyl (C=O) groups is 1. The average molecular weight is 358 g/mol. The topological polar surface area (TPSA) is 80.9 Å². The van der Waals surface area contributed by atoms with Crippen molar-refractivity contribution in [3.05, 3.63) is 36.0 Å². The minimum absolute atomic E-state index is 0.00687. The summed E-state index contributed by atoms with van der Waals surface area (Å²) in [6.45, 7) is 5.21. The second kappa shape index (κ2) is 7.33. The molecule has 0 N–H and O–H groups in total. The van der Waals surface area contributed by atoms with Gasteiger partial charge in [0.25, 0.3) is 5.91 Å². The molecule has 26 heavy (non-hydrogen) atoms. The quantitative estimate of drug-likeness (QED) is 0.814. The molecule has 2 aliphatic rings. The molecular formula is C18H22N4O4. The summed E-state index contributed by atoms with van der Waals surface area (Å²) in [5, 5.41) is 3.95. The largest absolute Gasteiger partial charge is 0.477 e. The van der Waals surface area contributed by atoms with E-state index in [1.807, 2.05) is 36.1 Å². The van der Waals surface area contributed by atoms with Gasteiger partial charge in [0.2, 0.25) is 5.89 Å². The van der Waals surface area contributed by atoms with Gasteiger partial charge in [-0.1, -0.05) is 24.2 Å². The predicted octanol–water partition coefficient (Wildman–Crippen LogP) is 1.26. The summed E-state index contributed by atoms with van der Waals surface area (Å²) in [7, 11) is 0. The number of aryl methyl sites for hydroxylation is 1. The Morgan fingerprint density at radius 2 is 2.08 bits per heavy atom. The lowest BCUT2D eigenvalue weighted by molar-refractivity contribution is -0.142. The number of rotatable bonds is 4. The minimum atomic E-state index is -0.559. The van der Waals surface area contributed by atoms with E-state index >= 15 is 0 Å². The molecule has 1 aromatic heterocycles. The smallest absolute Gasteiger partial charge is 0.265 e. The number of carbonyl (C=O) groups excluding carboxylic acids is 1. The van der Waals surface area contributed by atoms with Crippen molar-refractivity contribution in [2.24, 2.45) is 0 Å². The highest BCUT2D eigenvalue weighted by atomic mass is 16.5. The number of para-hydroxylation sites is 2. The van der Waals surface area contributed by atoms with Crippen molar-refractivity contribution in [2.45, 2.75) is 26.0 Å². The molecule has 1 saturated heterocycles. The SMILES string of the molecule is CCc1noc(CN2CC(C(=O)N3CCOCC3)Oc3ccccc32)n1. The highest BCUT2D eigenvalue weighted by Crippen LogP contribution is 2.34. The number of anilines is 1. The Kier molecular flexibility index (Phi) is 4.75. The van der Waals surface area contributed by atoms with Crippen LogP contribution in [0.1, 0.15) is 18.6 Å². The maximum absolute atomic E-state index is 12.9. The Hall–Kier alpha value is -2.61. The van der Waals surface area contributed by atoms with Crippen LogP contribution in [0.2, 0.25) is 0 Å². The molecule has 1 amide bonds. The van der Waals surface area contributed by atoms with Crippen LogP contribution in [0.3, 0.4) is 0 Å². The first-order valence-electron chi connectivity index (χ1n) is 8.93. The molecule has 1 fully saturated rings. The van der Waals surface area contributed by atoms with Gasteiger partial charge in [0.15, 0.2) is 11.9 Å². The van der Waals surface area contributed by atoms with E-state index in [0.717, 1.165) is 12.1 Å². The molecular weight excluding hydrogens is 336 g/mol. The van der Waals surface area contributed by atoms with Gasteiger partial charge in [-0.3, -0.25) is 4.79 Å². The molecule has 138 valence electrons. The normalized spacial score (nSPS) is 19.8. The second-order valence-corrected chi connectivity index (χ2v) is 6.35. The Morgan fingerprint density at radius 3 is 2.85 bits per heavy atom. The van der Waals surface area contributed by atoms with Crippen LogP contribution in [0.4, 0.5) is 5.69 Å². The van der Waals surface area contributed by atoms with Gasteiger partial charge in [0.1, 0.15) is 5.75 Å². The Labute approximate surface area is 151 Å². The molecule has 0 saturated carbocycles. The van der Waals surface area contributed by atoms with Crippen molar-refractivity contribution >= 4 is 11.6 Å². The van der Waals surface area contributed by atoms with Crippen molar-refractivity contribution < 1.29 is 18.8 Å². The van der Waals surface area contributed by atoms with Crippen LogP contribution in [-0.4, -0.2) is 59.9 Å². The van der Waals surface area contributed by atoms with Gasteiger partial charge in [-0.2, -0.15) is 4.98 Å². The van der Waals surface area contributed by atoms with Crippen LogP contribution < -0.4 is 9.64 Å². The van der Waals surface area contributed by atoms with Crippen LogP contribution in [0, 0.1) is 0 Å². The van der Waals surface area contributed by atoms with Crippen molar-refractivity contribution in [3.63, 3.8) is 0 Å². The van der Waals surface area contributed by atoms with E-state index in [9.17, 15) is 4.79 Å². The van der Waals surface area contributed by atoms with Gasteiger partial charge in [-0.25, -0.2) is 0 Å². The molecule has 4 rings (SSSR count). The standard InChI is InChI=1S/C18H22N4O4/c1-2-16-19-17(26-20-16)12-22-11-15(18(23)21-7-9-24-10-8-21)25-14-6-4-3-5-13(14)22/h3-6,15H,2,7-12H2,1H3. The van der Waals surface area contributed by atoms with E-state index in [-0.39, 0.29) is 5.91 Å². The number of hydrogen-bond acceptors (Lipinski definition) is 7. The Bertz CT molecular complexity index is 772. The summed E-state index contributed by atoms with van der Waals surface area (Å²) < 4.78 is 16.7.